The smallest absolute Gasteiger partial charge is 0.283 e. The number of halogens is 1. The van der Waals surface area contributed by atoms with Crippen molar-refractivity contribution < 1.29 is 10.0 Å². The van der Waals surface area contributed by atoms with Gasteiger partial charge in [-0.1, -0.05) is 12.1 Å². The van der Waals surface area contributed by atoms with Gasteiger partial charge in [-0.3, -0.25) is 15.0 Å². The van der Waals surface area contributed by atoms with Crippen molar-refractivity contribution in [1.29, 1.82) is 0 Å². The van der Waals surface area contributed by atoms with Crippen molar-refractivity contribution in [3.05, 3.63) is 38.3 Å². The van der Waals surface area contributed by atoms with Crippen LogP contribution in [-0.4, -0.2) is 34.1 Å². The summed E-state index contributed by atoms with van der Waals surface area (Å²) in [5.74, 6) is 0. The van der Waals surface area contributed by atoms with Gasteiger partial charge in [0.25, 0.3) is 5.69 Å². The van der Waals surface area contributed by atoms with Gasteiger partial charge in [0.15, 0.2) is 0 Å². The number of nitrogens with zero attached hydrogens (tertiary/aromatic N) is 2. The standard InChI is InChI=1S/C12H15BrN2O3/c13-12-9(3-1-5-11(12)15(17)18)7-14-6-2-4-10(14)8-16/h1,3,5,10,16H,2,4,6-8H2. The van der Waals surface area contributed by atoms with Gasteiger partial charge in [-0.05, 0) is 40.9 Å². The van der Waals surface area contributed by atoms with Gasteiger partial charge < -0.3 is 5.11 Å². The van der Waals surface area contributed by atoms with Crippen LogP contribution < -0.4 is 0 Å². The fourth-order valence-electron chi connectivity index (χ4n) is 2.36. The quantitative estimate of drug-likeness (QED) is 0.684. The topological polar surface area (TPSA) is 66.6 Å². The third kappa shape index (κ3) is 2.71. The minimum absolute atomic E-state index is 0.0900. The molecule has 1 unspecified atom stereocenters. The highest BCUT2D eigenvalue weighted by atomic mass is 79.9. The molecule has 0 saturated carbocycles. The Morgan fingerprint density at radius 1 is 1.56 bits per heavy atom. The molecule has 1 aromatic rings. The normalized spacial score (nSPS) is 20.2. The van der Waals surface area contributed by atoms with Gasteiger partial charge in [0, 0.05) is 18.7 Å². The second kappa shape index (κ2) is 5.77. The molecular formula is C12H15BrN2O3. The van der Waals surface area contributed by atoms with Crippen LogP contribution in [0.1, 0.15) is 18.4 Å². The molecule has 6 heteroatoms. The first-order valence-corrected chi connectivity index (χ1v) is 6.69. The first-order valence-electron chi connectivity index (χ1n) is 5.90. The molecule has 5 nitrogen and oxygen atoms in total. The number of aliphatic hydroxyl groups excluding tert-OH is 1. The minimum Gasteiger partial charge on any atom is -0.395 e. The van der Waals surface area contributed by atoms with Crippen LogP contribution >= 0.6 is 15.9 Å². The van der Waals surface area contributed by atoms with Crippen molar-refractivity contribution in [2.24, 2.45) is 0 Å². The Morgan fingerprint density at radius 3 is 3.00 bits per heavy atom. The molecule has 18 heavy (non-hydrogen) atoms. The zero-order valence-electron chi connectivity index (χ0n) is 9.88. The summed E-state index contributed by atoms with van der Waals surface area (Å²) < 4.78 is 0.540. The second-order valence-corrected chi connectivity index (χ2v) is 5.25. The van der Waals surface area contributed by atoms with Gasteiger partial charge in [-0.15, -0.1) is 0 Å². The van der Waals surface area contributed by atoms with E-state index in [4.69, 9.17) is 0 Å². The molecule has 1 aliphatic heterocycles. The van der Waals surface area contributed by atoms with Crippen molar-refractivity contribution in [3.8, 4) is 0 Å². The molecular weight excluding hydrogens is 300 g/mol. The molecule has 0 aliphatic carbocycles. The van der Waals surface area contributed by atoms with Crippen LogP contribution in [0, 0.1) is 10.1 Å². The first-order chi connectivity index (χ1) is 8.63. The molecule has 0 spiro atoms. The van der Waals surface area contributed by atoms with E-state index in [0.717, 1.165) is 24.9 Å². The lowest BCUT2D eigenvalue weighted by Crippen LogP contribution is -2.31. The van der Waals surface area contributed by atoms with Crippen LogP contribution in [0.3, 0.4) is 0 Å². The van der Waals surface area contributed by atoms with E-state index in [1.165, 1.54) is 6.07 Å². The Balaban J connectivity index is 2.19. The summed E-state index contributed by atoms with van der Waals surface area (Å²) in [6.07, 6.45) is 2.06. The highest BCUT2D eigenvalue weighted by Gasteiger charge is 2.25. The fraction of sp³-hybridized carbons (Fsp3) is 0.500. The van der Waals surface area contributed by atoms with E-state index in [1.54, 1.807) is 6.07 Å². The lowest BCUT2D eigenvalue weighted by atomic mass is 10.1. The predicted molar refractivity (Wildman–Crippen MR) is 71.3 cm³/mol. The molecule has 0 bridgehead atoms. The van der Waals surface area contributed by atoms with Crippen molar-refractivity contribution in [2.75, 3.05) is 13.2 Å². The molecule has 1 heterocycles. The molecule has 1 aliphatic rings. The molecule has 0 amide bonds. The van der Waals surface area contributed by atoms with E-state index in [0.29, 0.717) is 11.0 Å². The van der Waals surface area contributed by atoms with Crippen LogP contribution in [-0.2, 0) is 6.54 Å². The summed E-state index contributed by atoms with van der Waals surface area (Å²) in [6.45, 7) is 1.71. The van der Waals surface area contributed by atoms with E-state index in [1.807, 2.05) is 6.07 Å². The number of benzene rings is 1. The van der Waals surface area contributed by atoms with Gasteiger partial charge >= 0.3 is 0 Å². The minimum atomic E-state index is -0.388. The zero-order valence-corrected chi connectivity index (χ0v) is 11.5. The Bertz CT molecular complexity index is 453. The summed E-state index contributed by atoms with van der Waals surface area (Å²) >= 11 is 3.30. The highest BCUT2D eigenvalue weighted by molar-refractivity contribution is 9.10. The molecule has 2 rings (SSSR count). The van der Waals surface area contributed by atoms with Gasteiger partial charge in [0.1, 0.15) is 0 Å². The Morgan fingerprint density at radius 2 is 2.33 bits per heavy atom. The van der Waals surface area contributed by atoms with Gasteiger partial charge in [-0.2, -0.15) is 0 Å². The van der Waals surface area contributed by atoms with Crippen LogP contribution in [0.4, 0.5) is 5.69 Å². The SMILES string of the molecule is O=[N+]([O-])c1cccc(CN2CCCC2CO)c1Br. The molecule has 1 fully saturated rings. The highest BCUT2D eigenvalue weighted by Crippen LogP contribution is 2.30. The molecule has 1 aromatic carbocycles. The Labute approximate surface area is 114 Å². The van der Waals surface area contributed by atoms with Crippen LogP contribution in [0.5, 0.6) is 0 Å². The van der Waals surface area contributed by atoms with E-state index in [9.17, 15) is 15.2 Å². The lowest BCUT2D eigenvalue weighted by molar-refractivity contribution is -0.385. The molecule has 0 radical (unpaired) electrons. The van der Waals surface area contributed by atoms with Crippen molar-refractivity contribution in [3.63, 3.8) is 0 Å². The maximum Gasteiger partial charge on any atom is 0.283 e. The van der Waals surface area contributed by atoms with Crippen LogP contribution in [0.25, 0.3) is 0 Å². The van der Waals surface area contributed by atoms with Crippen LogP contribution in [0.15, 0.2) is 22.7 Å². The molecule has 0 aromatic heterocycles. The summed E-state index contributed by atoms with van der Waals surface area (Å²) in [5, 5.41) is 20.1. The Kier molecular flexibility index (Phi) is 4.31. The maximum absolute atomic E-state index is 10.9. The summed E-state index contributed by atoms with van der Waals surface area (Å²) in [4.78, 5) is 12.6. The largest absolute Gasteiger partial charge is 0.395 e. The number of hydrogen-bond donors (Lipinski definition) is 1. The monoisotopic (exact) mass is 314 g/mol. The van der Waals surface area contributed by atoms with Crippen molar-refractivity contribution in [2.45, 2.75) is 25.4 Å². The number of hydrogen-bond acceptors (Lipinski definition) is 4. The van der Waals surface area contributed by atoms with Gasteiger partial charge in [-0.25, -0.2) is 0 Å². The van der Waals surface area contributed by atoms with Gasteiger partial charge in [0.05, 0.1) is 16.0 Å². The summed E-state index contributed by atoms with van der Waals surface area (Å²) in [7, 11) is 0. The zero-order chi connectivity index (χ0) is 13.1. The summed E-state index contributed by atoms with van der Waals surface area (Å²) in [5.41, 5.74) is 0.983. The third-order valence-corrected chi connectivity index (χ3v) is 4.25. The molecule has 1 N–H and O–H groups in total. The van der Waals surface area contributed by atoms with E-state index in [-0.39, 0.29) is 23.3 Å². The number of nitro groups is 1. The first kappa shape index (κ1) is 13.5. The molecule has 1 atom stereocenters. The van der Waals surface area contributed by atoms with Gasteiger partial charge in [0.2, 0.25) is 0 Å². The average molecular weight is 315 g/mol. The lowest BCUT2D eigenvalue weighted by Gasteiger charge is -2.23. The number of rotatable bonds is 4. The molecule has 1 saturated heterocycles. The van der Waals surface area contributed by atoms with E-state index < -0.39 is 0 Å². The number of likely N-dealkylation sites (tertiary alicyclic amines) is 1. The number of aliphatic hydroxyl groups is 1. The summed E-state index contributed by atoms with van der Waals surface area (Å²) in [6, 6.07) is 5.24. The molecule has 98 valence electrons. The number of nitro benzene ring substituents is 1. The van der Waals surface area contributed by atoms with E-state index >= 15 is 0 Å². The van der Waals surface area contributed by atoms with Crippen LogP contribution in [0.2, 0.25) is 0 Å². The van der Waals surface area contributed by atoms with Crippen molar-refractivity contribution in [1.82, 2.24) is 4.90 Å². The predicted octanol–water partition coefficient (Wildman–Crippen LogP) is 2.31. The Hall–Kier alpha value is -0.980. The average Bonchev–Trinajstić information content (AvgIpc) is 2.78. The third-order valence-electron chi connectivity index (χ3n) is 3.34. The van der Waals surface area contributed by atoms with Crippen molar-refractivity contribution >= 4 is 21.6 Å². The maximum atomic E-state index is 10.9. The fourth-order valence-corrected chi connectivity index (χ4v) is 2.89. The second-order valence-electron chi connectivity index (χ2n) is 4.46. The van der Waals surface area contributed by atoms with E-state index in [2.05, 4.69) is 20.8 Å².